The van der Waals surface area contributed by atoms with Crippen molar-refractivity contribution in [2.45, 2.75) is 0 Å². The predicted octanol–water partition coefficient (Wildman–Crippen LogP) is 7.72. The molecule has 12 heteroatoms. The lowest BCUT2D eigenvalue weighted by Crippen LogP contribution is -2.12. The highest BCUT2D eigenvalue weighted by molar-refractivity contribution is 6.09. The van der Waals surface area contributed by atoms with Crippen LogP contribution in [0, 0.1) is 0 Å². The summed E-state index contributed by atoms with van der Waals surface area (Å²) in [6, 6.07) is 35.4. The van der Waals surface area contributed by atoms with E-state index in [1.165, 1.54) is 0 Å². The van der Waals surface area contributed by atoms with Crippen LogP contribution in [0.2, 0.25) is 0 Å². The molecular formula is C48H34N8O4. The molecule has 60 heavy (non-hydrogen) atoms. The van der Waals surface area contributed by atoms with Crippen LogP contribution in [-0.4, -0.2) is 43.6 Å². The van der Waals surface area contributed by atoms with Crippen LogP contribution in [0.4, 0.5) is 0 Å². The Balaban J connectivity index is 1.53. The lowest BCUT2D eigenvalue weighted by molar-refractivity contribution is 0.0992. The van der Waals surface area contributed by atoms with Crippen molar-refractivity contribution in [3.8, 4) is 44.5 Å². The number of carbonyl (C=O) groups is 4. The monoisotopic (exact) mass is 786 g/mol. The van der Waals surface area contributed by atoms with Gasteiger partial charge in [0.05, 0.1) is 22.8 Å². The number of aromatic amines is 2. The van der Waals surface area contributed by atoms with E-state index in [9.17, 15) is 19.2 Å². The van der Waals surface area contributed by atoms with Gasteiger partial charge in [-0.3, -0.25) is 19.2 Å². The van der Waals surface area contributed by atoms with Crippen molar-refractivity contribution < 1.29 is 19.2 Å². The molecule has 3 aromatic heterocycles. The molecule has 2 aliphatic rings. The Bertz CT molecular complexity index is 2820. The molecule has 7 aromatic rings. The van der Waals surface area contributed by atoms with Gasteiger partial charge in [0.15, 0.2) is 0 Å². The fourth-order valence-corrected chi connectivity index (χ4v) is 8.00. The van der Waals surface area contributed by atoms with Gasteiger partial charge in [0.1, 0.15) is 0 Å². The van der Waals surface area contributed by atoms with Crippen LogP contribution in [0.25, 0.3) is 90.9 Å². The number of aromatic nitrogens is 4. The number of rotatable bonds is 8. The lowest BCUT2D eigenvalue weighted by atomic mass is 9.97. The molecule has 5 heterocycles. The lowest BCUT2D eigenvalue weighted by Gasteiger charge is -2.11. The third-order valence-corrected chi connectivity index (χ3v) is 10.6. The molecule has 8 bridgehead atoms. The van der Waals surface area contributed by atoms with Crippen LogP contribution < -0.4 is 22.9 Å². The van der Waals surface area contributed by atoms with E-state index in [1.54, 1.807) is 72.8 Å². The van der Waals surface area contributed by atoms with Gasteiger partial charge in [0, 0.05) is 66.6 Å². The van der Waals surface area contributed by atoms with Crippen LogP contribution in [0.5, 0.6) is 0 Å². The van der Waals surface area contributed by atoms with Crippen molar-refractivity contribution in [2.75, 3.05) is 0 Å². The highest BCUT2D eigenvalue weighted by Gasteiger charge is 2.24. The summed E-state index contributed by atoms with van der Waals surface area (Å²) in [6.45, 7) is 0. The van der Waals surface area contributed by atoms with E-state index in [0.717, 1.165) is 0 Å². The first-order chi connectivity index (χ1) is 29.1. The summed E-state index contributed by atoms with van der Waals surface area (Å²) in [4.78, 5) is 69.4. The van der Waals surface area contributed by atoms with E-state index < -0.39 is 23.6 Å². The van der Waals surface area contributed by atoms with Crippen molar-refractivity contribution in [3.05, 3.63) is 166 Å². The topological polar surface area (TPSA) is 230 Å². The zero-order chi connectivity index (χ0) is 41.7. The maximum atomic E-state index is 13.0. The number of hydrogen-bond acceptors (Lipinski definition) is 6. The van der Waals surface area contributed by atoms with Gasteiger partial charge in [-0.1, -0.05) is 72.8 Å². The Hall–Kier alpha value is -8.64. The van der Waals surface area contributed by atoms with Crippen LogP contribution in [-0.2, 0) is 0 Å². The number of fused-ring (bicyclic) bond motifs is 8. The fourth-order valence-electron chi connectivity index (χ4n) is 8.00. The van der Waals surface area contributed by atoms with Crippen LogP contribution in [0.15, 0.2) is 121 Å². The standard InChI is InChI=1S/C48H34N8O4/c49-45(57)29-13-5-1-9-25(29)41-33-17-19-35(53-33)42(26-10-2-6-14-30(26)46(50)58)37-21-23-39(55-37)44(28-12-4-8-16-32(28)48(52)60)40-24-22-38(56-40)43(36-20-18-34(41)54-36)27-11-3-7-15-31(27)47(51)59/h1-24,53,56H,(H2,49,57)(H2,50,58)(H2,51,59)(H2,52,60). The van der Waals surface area contributed by atoms with Gasteiger partial charge in [-0.25, -0.2) is 9.97 Å². The molecule has 0 spiro atoms. The summed E-state index contributed by atoms with van der Waals surface area (Å²) < 4.78 is 0. The number of H-pyrrole nitrogens is 2. The number of carbonyl (C=O) groups excluding carboxylic acids is 4. The molecule has 0 aliphatic carbocycles. The molecule has 10 N–H and O–H groups in total. The van der Waals surface area contributed by atoms with Crippen molar-refractivity contribution >= 4 is 70.0 Å². The van der Waals surface area contributed by atoms with Gasteiger partial charge in [-0.15, -0.1) is 0 Å². The maximum Gasteiger partial charge on any atom is 0.249 e. The SMILES string of the molecule is NC(=O)c1ccccc1-c1c2nc(c(-c3ccccc3C(N)=O)c3ccc([nH]3)c(-c3ccccc3C(N)=O)c3nc(c(-c4ccccc4C(N)=O)c4ccc1[nH]4)C=C3)C=C2. The normalized spacial score (nSPS) is 11.7. The Labute approximate surface area is 341 Å². The number of amides is 4. The molecule has 4 aromatic carbocycles. The average Bonchev–Trinajstić information content (AvgIpc) is 4.09. The van der Waals surface area contributed by atoms with Crippen molar-refractivity contribution in [1.29, 1.82) is 0 Å². The minimum Gasteiger partial charge on any atom is -0.366 e. The van der Waals surface area contributed by atoms with E-state index in [2.05, 4.69) is 9.97 Å². The first-order valence-corrected chi connectivity index (χ1v) is 18.8. The first kappa shape index (κ1) is 37.0. The molecule has 12 nitrogen and oxygen atoms in total. The summed E-state index contributed by atoms with van der Waals surface area (Å²) in [5, 5.41) is 0. The fraction of sp³-hybridized carbons (Fsp3) is 0. The molecule has 0 atom stereocenters. The molecule has 0 fully saturated rings. The zero-order valence-corrected chi connectivity index (χ0v) is 31.7. The number of benzene rings is 4. The predicted molar refractivity (Wildman–Crippen MR) is 235 cm³/mol. The number of primary amides is 4. The Morgan fingerprint density at radius 3 is 0.767 bits per heavy atom. The van der Waals surface area contributed by atoms with E-state index in [-0.39, 0.29) is 22.3 Å². The van der Waals surface area contributed by atoms with E-state index in [0.29, 0.717) is 89.4 Å². The highest BCUT2D eigenvalue weighted by Crippen LogP contribution is 2.40. The second-order valence-corrected chi connectivity index (χ2v) is 14.1. The Morgan fingerprint density at radius 2 is 0.550 bits per heavy atom. The van der Waals surface area contributed by atoms with E-state index in [1.807, 2.05) is 72.8 Å². The summed E-state index contributed by atoms with van der Waals surface area (Å²) in [7, 11) is 0. The molecule has 2 aliphatic heterocycles. The van der Waals surface area contributed by atoms with Crippen LogP contribution in [0.1, 0.15) is 64.2 Å². The number of hydrogen-bond donors (Lipinski definition) is 6. The minimum absolute atomic E-state index is 0.268. The summed E-state index contributed by atoms with van der Waals surface area (Å²) in [5.74, 6) is -2.53. The Morgan fingerprint density at radius 1 is 0.333 bits per heavy atom. The molecule has 0 unspecified atom stereocenters. The molecule has 4 amide bonds. The summed E-state index contributed by atoms with van der Waals surface area (Å²) >= 11 is 0. The third kappa shape index (κ3) is 6.30. The van der Waals surface area contributed by atoms with Crippen molar-refractivity contribution in [1.82, 2.24) is 19.9 Å². The molecule has 0 saturated carbocycles. The highest BCUT2D eigenvalue weighted by atomic mass is 16.2. The summed E-state index contributed by atoms with van der Waals surface area (Å²) in [6.07, 6.45) is 7.32. The van der Waals surface area contributed by atoms with Gasteiger partial charge in [0.25, 0.3) is 0 Å². The molecular weight excluding hydrogens is 753 g/mol. The third-order valence-electron chi connectivity index (χ3n) is 10.6. The van der Waals surface area contributed by atoms with Gasteiger partial charge in [0.2, 0.25) is 23.6 Å². The molecule has 9 rings (SSSR count). The number of nitrogens with zero attached hydrogens (tertiary/aromatic N) is 2. The quantitative estimate of drug-likeness (QED) is 0.0902. The summed E-state index contributed by atoms with van der Waals surface area (Å²) in [5.41, 5.74) is 33.4. The van der Waals surface area contributed by atoms with Crippen molar-refractivity contribution in [2.24, 2.45) is 22.9 Å². The van der Waals surface area contributed by atoms with Gasteiger partial charge in [-0.2, -0.15) is 0 Å². The molecule has 290 valence electrons. The number of nitrogens with two attached hydrogens (primary N) is 4. The van der Waals surface area contributed by atoms with Crippen molar-refractivity contribution in [3.63, 3.8) is 0 Å². The second-order valence-electron chi connectivity index (χ2n) is 14.1. The van der Waals surface area contributed by atoms with Gasteiger partial charge >= 0.3 is 0 Å². The van der Waals surface area contributed by atoms with Crippen LogP contribution >= 0.6 is 0 Å². The largest absolute Gasteiger partial charge is 0.366 e. The maximum absolute atomic E-state index is 13.0. The molecule has 0 saturated heterocycles. The van der Waals surface area contributed by atoms with E-state index in [4.69, 9.17) is 32.9 Å². The molecule has 0 radical (unpaired) electrons. The van der Waals surface area contributed by atoms with Crippen LogP contribution in [0.3, 0.4) is 0 Å². The zero-order valence-electron chi connectivity index (χ0n) is 31.7. The number of nitrogens with one attached hydrogen (secondary N) is 2. The second kappa shape index (κ2) is 14.7. The van der Waals surface area contributed by atoms with E-state index >= 15 is 0 Å². The minimum atomic E-state index is -0.633. The van der Waals surface area contributed by atoms with Gasteiger partial charge in [-0.05, 0) is 95.1 Å². The first-order valence-electron chi connectivity index (χ1n) is 18.8. The Kier molecular flexibility index (Phi) is 9.06. The van der Waals surface area contributed by atoms with Gasteiger partial charge < -0.3 is 32.9 Å². The average molecular weight is 787 g/mol. The smallest absolute Gasteiger partial charge is 0.249 e.